The lowest BCUT2D eigenvalue weighted by molar-refractivity contribution is 0.595. The Kier molecular flexibility index (Phi) is 6.92. The highest BCUT2D eigenvalue weighted by atomic mass is 15.2. The van der Waals surface area contributed by atoms with Crippen LogP contribution >= 0.6 is 0 Å². The Morgan fingerprint density at radius 1 is 0.415 bits per heavy atom. The second-order valence-corrected chi connectivity index (χ2v) is 16.2. The molecule has 2 aliphatic carbocycles. The minimum atomic E-state index is -0.272. The Labute approximate surface area is 313 Å². The zero-order valence-corrected chi connectivity index (χ0v) is 30.9. The van der Waals surface area contributed by atoms with Gasteiger partial charge in [-0.25, -0.2) is 0 Å². The molecule has 1 heterocycles. The third-order valence-electron chi connectivity index (χ3n) is 12.6. The van der Waals surface area contributed by atoms with Gasteiger partial charge >= 0.3 is 0 Å². The van der Waals surface area contributed by atoms with E-state index < -0.39 is 0 Å². The largest absolute Gasteiger partial charge is 0.310 e. The van der Waals surface area contributed by atoms with E-state index in [9.17, 15) is 0 Å². The predicted octanol–water partition coefficient (Wildman–Crippen LogP) is 13.2. The summed E-state index contributed by atoms with van der Waals surface area (Å²) in [5, 5.41) is 0. The Balaban J connectivity index is 1.19. The maximum atomic E-state index is 4.56. The van der Waals surface area contributed by atoms with Gasteiger partial charge in [0.15, 0.2) is 0 Å². The highest BCUT2D eigenvalue weighted by Gasteiger charge is 2.41. The van der Waals surface area contributed by atoms with Crippen molar-refractivity contribution >= 4 is 22.6 Å². The standard InChI is InChI=1S/C52H43N/c1-33-37-19-9-11-21-39(37)49(40-22-12-10-20-38(33)40)34-27-29-47-45(31-34)52(4,5)46-32-35(28-30-48(46)53(47)36-17-7-6-8-18-36)50-41-23-13-15-25-43(41)51(2,3)44-26-16-14-24-42(44)50/h6-32,49-50H,1H2,2-5H3. The molecule has 256 valence electrons. The first-order valence-electron chi connectivity index (χ1n) is 19.0. The number of anilines is 3. The summed E-state index contributed by atoms with van der Waals surface area (Å²) in [6.07, 6.45) is 0. The normalized spacial score (nSPS) is 16.5. The van der Waals surface area contributed by atoms with Crippen LogP contribution in [0.5, 0.6) is 0 Å². The first kappa shape index (κ1) is 31.8. The molecule has 0 spiro atoms. The SMILES string of the molecule is C=C1c2ccccc2C(c2ccc3c(c2)C(C)(C)c2cc(C4c5ccccc5C(C)(C)c5ccccc54)ccc2N3c2ccccc2)c2ccccc21. The molecule has 0 aromatic heterocycles. The summed E-state index contributed by atoms with van der Waals surface area (Å²) >= 11 is 0. The smallest absolute Gasteiger partial charge is 0.0502 e. The quantitative estimate of drug-likeness (QED) is 0.179. The van der Waals surface area contributed by atoms with Crippen molar-refractivity contribution in [2.75, 3.05) is 4.90 Å². The lowest BCUT2D eigenvalue weighted by atomic mass is 9.63. The van der Waals surface area contributed by atoms with Crippen LogP contribution in [0.25, 0.3) is 5.57 Å². The third kappa shape index (κ3) is 4.56. The van der Waals surface area contributed by atoms with Gasteiger partial charge in [-0.05, 0) is 96.6 Å². The zero-order valence-electron chi connectivity index (χ0n) is 30.9. The van der Waals surface area contributed by atoms with Gasteiger partial charge in [-0.1, -0.05) is 174 Å². The topological polar surface area (TPSA) is 3.24 Å². The van der Waals surface area contributed by atoms with Crippen LogP contribution < -0.4 is 4.90 Å². The van der Waals surface area contributed by atoms with E-state index in [1.165, 1.54) is 83.8 Å². The predicted molar refractivity (Wildman–Crippen MR) is 221 cm³/mol. The van der Waals surface area contributed by atoms with Crippen molar-refractivity contribution < 1.29 is 0 Å². The summed E-state index contributed by atoms with van der Waals surface area (Å²) in [5.41, 5.74) is 20.5. The first-order valence-corrected chi connectivity index (χ1v) is 19.0. The van der Waals surface area contributed by atoms with E-state index in [2.05, 4.69) is 203 Å². The lowest BCUT2D eigenvalue weighted by Gasteiger charge is -2.44. The molecule has 0 unspecified atom stereocenters. The molecule has 1 aliphatic heterocycles. The Morgan fingerprint density at radius 3 is 1.32 bits per heavy atom. The maximum Gasteiger partial charge on any atom is 0.0502 e. The van der Waals surface area contributed by atoms with Crippen LogP contribution in [0.2, 0.25) is 0 Å². The molecule has 0 atom stereocenters. The van der Waals surface area contributed by atoms with Gasteiger partial charge in [0.2, 0.25) is 0 Å². The molecule has 0 saturated carbocycles. The van der Waals surface area contributed by atoms with Crippen molar-refractivity contribution in [1.82, 2.24) is 0 Å². The molecule has 0 amide bonds. The average molecular weight is 682 g/mol. The number of benzene rings is 7. The van der Waals surface area contributed by atoms with Crippen molar-refractivity contribution in [1.29, 1.82) is 0 Å². The van der Waals surface area contributed by atoms with E-state index in [-0.39, 0.29) is 22.7 Å². The number of nitrogens with zero attached hydrogens (tertiary/aromatic N) is 1. The highest BCUT2D eigenvalue weighted by molar-refractivity contribution is 5.88. The minimum absolute atomic E-state index is 0.0701. The monoisotopic (exact) mass is 681 g/mol. The fourth-order valence-electron chi connectivity index (χ4n) is 10.0. The summed E-state index contributed by atoms with van der Waals surface area (Å²) in [5.74, 6) is 0.267. The second-order valence-electron chi connectivity index (χ2n) is 16.2. The Morgan fingerprint density at radius 2 is 0.811 bits per heavy atom. The summed E-state index contributed by atoms with van der Waals surface area (Å²) in [4.78, 5) is 2.49. The first-order chi connectivity index (χ1) is 25.7. The van der Waals surface area contributed by atoms with Crippen LogP contribution in [0.15, 0.2) is 170 Å². The molecule has 0 bridgehead atoms. The molecule has 0 fully saturated rings. The third-order valence-corrected chi connectivity index (χ3v) is 12.6. The molecule has 1 nitrogen and oxygen atoms in total. The number of para-hydroxylation sites is 1. The Bertz CT molecular complexity index is 2500. The Hall–Kier alpha value is -5.92. The van der Waals surface area contributed by atoms with Gasteiger partial charge in [-0.15, -0.1) is 0 Å². The van der Waals surface area contributed by atoms with Crippen LogP contribution in [-0.2, 0) is 10.8 Å². The zero-order chi connectivity index (χ0) is 36.1. The van der Waals surface area contributed by atoms with E-state index in [0.29, 0.717) is 0 Å². The highest BCUT2D eigenvalue weighted by Crippen LogP contribution is 2.56. The van der Waals surface area contributed by atoms with E-state index in [0.717, 1.165) is 5.57 Å². The number of rotatable bonds is 3. The van der Waals surface area contributed by atoms with Crippen molar-refractivity contribution in [2.45, 2.75) is 50.4 Å². The van der Waals surface area contributed by atoms with Gasteiger partial charge < -0.3 is 4.90 Å². The molecule has 53 heavy (non-hydrogen) atoms. The molecule has 3 aliphatic rings. The van der Waals surface area contributed by atoms with E-state index in [1.54, 1.807) is 0 Å². The second kappa shape index (κ2) is 11.5. The molecular formula is C52H43N. The molecule has 1 heteroatoms. The summed E-state index contributed by atoms with van der Waals surface area (Å²) in [6.45, 7) is 14.2. The molecule has 7 aromatic rings. The van der Waals surface area contributed by atoms with Gasteiger partial charge in [-0.3, -0.25) is 0 Å². The molecule has 0 saturated heterocycles. The summed E-state index contributed by atoms with van der Waals surface area (Å²) < 4.78 is 0. The van der Waals surface area contributed by atoms with Crippen molar-refractivity contribution in [2.24, 2.45) is 0 Å². The number of hydrogen-bond acceptors (Lipinski definition) is 1. The van der Waals surface area contributed by atoms with Gasteiger partial charge in [0.1, 0.15) is 0 Å². The average Bonchev–Trinajstić information content (AvgIpc) is 3.19. The number of fused-ring (bicyclic) bond motifs is 6. The van der Waals surface area contributed by atoms with Crippen molar-refractivity contribution in [3.05, 3.63) is 237 Å². The fraction of sp³-hybridized carbons (Fsp3) is 0.154. The van der Waals surface area contributed by atoms with Crippen LogP contribution in [0.1, 0.15) is 106 Å². The van der Waals surface area contributed by atoms with Gasteiger partial charge in [0.25, 0.3) is 0 Å². The maximum absolute atomic E-state index is 4.56. The molecule has 10 rings (SSSR count). The fourth-order valence-corrected chi connectivity index (χ4v) is 10.0. The molecule has 0 radical (unpaired) electrons. The summed E-state index contributed by atoms with van der Waals surface area (Å²) in [6, 6.07) is 61.4. The minimum Gasteiger partial charge on any atom is -0.310 e. The molecule has 7 aromatic carbocycles. The van der Waals surface area contributed by atoms with E-state index in [1.807, 2.05) is 0 Å². The molecular weight excluding hydrogens is 639 g/mol. The number of hydrogen-bond donors (Lipinski definition) is 0. The summed E-state index contributed by atoms with van der Waals surface area (Å²) in [7, 11) is 0. The van der Waals surface area contributed by atoms with Gasteiger partial charge in [0, 0.05) is 28.4 Å². The molecule has 0 N–H and O–H groups in total. The lowest BCUT2D eigenvalue weighted by Crippen LogP contribution is -2.32. The van der Waals surface area contributed by atoms with Crippen LogP contribution in [0.4, 0.5) is 17.1 Å². The van der Waals surface area contributed by atoms with Crippen LogP contribution in [0, 0.1) is 0 Å². The van der Waals surface area contributed by atoms with Crippen molar-refractivity contribution in [3.8, 4) is 0 Å². The van der Waals surface area contributed by atoms with E-state index in [4.69, 9.17) is 0 Å². The van der Waals surface area contributed by atoms with Gasteiger partial charge in [0.05, 0.1) is 11.4 Å². The van der Waals surface area contributed by atoms with Crippen molar-refractivity contribution in [3.63, 3.8) is 0 Å². The van der Waals surface area contributed by atoms with Crippen LogP contribution in [-0.4, -0.2) is 0 Å². The van der Waals surface area contributed by atoms with Gasteiger partial charge in [-0.2, -0.15) is 0 Å². The van der Waals surface area contributed by atoms with Crippen LogP contribution in [0.3, 0.4) is 0 Å². The van der Waals surface area contributed by atoms with E-state index >= 15 is 0 Å².